The fraction of sp³-hybridized carbons (Fsp3) is 0.500. The maximum absolute atomic E-state index is 5.33. The molecule has 2 aliphatic rings. The second kappa shape index (κ2) is 6.31. The summed E-state index contributed by atoms with van der Waals surface area (Å²) in [5.41, 5.74) is 0.972. The number of aliphatic imine (C=N–C) groups is 1. The number of hydrogen-bond acceptors (Lipinski definition) is 3. The van der Waals surface area contributed by atoms with E-state index >= 15 is 0 Å². The van der Waals surface area contributed by atoms with Crippen LogP contribution in [0.2, 0.25) is 0 Å². The van der Waals surface area contributed by atoms with E-state index in [0.29, 0.717) is 12.8 Å². The SMILES string of the molecule is [Li+].[c-]1cc2c(cc1C=NC1CCCCC1)OCO2. The van der Waals surface area contributed by atoms with Gasteiger partial charge in [-0.2, -0.15) is 0 Å². The van der Waals surface area contributed by atoms with Crippen molar-refractivity contribution in [3.8, 4) is 11.5 Å². The van der Waals surface area contributed by atoms with E-state index in [1.807, 2.05) is 18.3 Å². The molecule has 18 heavy (non-hydrogen) atoms. The largest absolute Gasteiger partial charge is 1.00 e. The molecule has 0 bridgehead atoms. The molecule has 1 saturated carbocycles. The molecule has 0 saturated heterocycles. The Morgan fingerprint density at radius 1 is 1.17 bits per heavy atom. The Hall–Kier alpha value is -0.913. The third-order valence-electron chi connectivity index (χ3n) is 3.33. The molecule has 90 valence electrons. The molecule has 1 fully saturated rings. The monoisotopic (exact) mass is 237 g/mol. The van der Waals surface area contributed by atoms with Crippen LogP contribution in [0.5, 0.6) is 11.5 Å². The van der Waals surface area contributed by atoms with Crippen molar-refractivity contribution >= 4 is 6.21 Å². The van der Waals surface area contributed by atoms with E-state index in [1.165, 1.54) is 32.1 Å². The second-order valence-corrected chi connectivity index (χ2v) is 4.59. The molecule has 1 aliphatic heterocycles. The van der Waals surface area contributed by atoms with E-state index in [9.17, 15) is 0 Å². The van der Waals surface area contributed by atoms with Gasteiger partial charge in [0, 0.05) is 6.04 Å². The summed E-state index contributed by atoms with van der Waals surface area (Å²) in [6.07, 6.45) is 8.35. The number of hydrogen-bond donors (Lipinski definition) is 0. The molecule has 4 heteroatoms. The summed E-state index contributed by atoms with van der Waals surface area (Å²) in [6.45, 7) is 0.312. The van der Waals surface area contributed by atoms with Crippen molar-refractivity contribution in [2.75, 3.05) is 6.79 Å². The molecule has 1 aromatic carbocycles. The van der Waals surface area contributed by atoms with Crippen molar-refractivity contribution in [3.05, 3.63) is 23.8 Å². The molecule has 0 atom stereocenters. The summed E-state index contributed by atoms with van der Waals surface area (Å²) in [7, 11) is 0. The van der Waals surface area contributed by atoms with Gasteiger partial charge in [0.05, 0.1) is 11.5 Å². The Morgan fingerprint density at radius 3 is 2.78 bits per heavy atom. The first-order chi connectivity index (χ1) is 8.42. The van der Waals surface area contributed by atoms with Gasteiger partial charge in [0.25, 0.3) is 0 Å². The summed E-state index contributed by atoms with van der Waals surface area (Å²) in [4.78, 5) is 4.63. The number of nitrogens with zero attached hydrogens (tertiary/aromatic N) is 1. The average molecular weight is 237 g/mol. The molecule has 0 amide bonds. The molecule has 0 unspecified atom stereocenters. The molecule has 3 nitrogen and oxygen atoms in total. The third kappa shape index (κ3) is 3.10. The van der Waals surface area contributed by atoms with Crippen LogP contribution in [0.4, 0.5) is 0 Å². The van der Waals surface area contributed by atoms with Gasteiger partial charge in [0.15, 0.2) is 0 Å². The van der Waals surface area contributed by atoms with Crippen LogP contribution in [0.1, 0.15) is 37.7 Å². The maximum atomic E-state index is 5.33. The van der Waals surface area contributed by atoms with E-state index < -0.39 is 0 Å². The summed E-state index contributed by atoms with van der Waals surface area (Å²) in [5, 5.41) is 0. The summed E-state index contributed by atoms with van der Waals surface area (Å²) >= 11 is 0. The molecule has 1 heterocycles. The predicted molar refractivity (Wildman–Crippen MR) is 65.9 cm³/mol. The van der Waals surface area contributed by atoms with Crippen LogP contribution < -0.4 is 28.3 Å². The molecule has 1 aliphatic carbocycles. The third-order valence-corrected chi connectivity index (χ3v) is 3.33. The fourth-order valence-electron chi connectivity index (χ4n) is 2.35. The van der Waals surface area contributed by atoms with E-state index in [0.717, 1.165) is 17.1 Å². The van der Waals surface area contributed by atoms with Crippen LogP contribution in [0, 0.1) is 6.07 Å². The molecule has 1 aromatic rings. The summed E-state index contributed by atoms with van der Waals surface area (Å²) in [6, 6.07) is 7.42. The van der Waals surface area contributed by atoms with Crippen LogP contribution in [-0.2, 0) is 0 Å². The minimum absolute atomic E-state index is 0. The van der Waals surface area contributed by atoms with Crippen molar-refractivity contribution in [2.45, 2.75) is 38.1 Å². The van der Waals surface area contributed by atoms with Gasteiger partial charge in [0.1, 0.15) is 0 Å². The Morgan fingerprint density at radius 2 is 1.94 bits per heavy atom. The second-order valence-electron chi connectivity index (χ2n) is 4.59. The first kappa shape index (κ1) is 13.5. The van der Waals surface area contributed by atoms with Crippen LogP contribution in [0.25, 0.3) is 0 Å². The van der Waals surface area contributed by atoms with Gasteiger partial charge in [-0.1, -0.05) is 31.5 Å². The van der Waals surface area contributed by atoms with Crippen molar-refractivity contribution in [1.29, 1.82) is 0 Å². The van der Waals surface area contributed by atoms with E-state index in [4.69, 9.17) is 9.47 Å². The van der Waals surface area contributed by atoms with E-state index in [2.05, 4.69) is 11.1 Å². The minimum atomic E-state index is 0. The van der Waals surface area contributed by atoms with Crippen LogP contribution >= 0.6 is 0 Å². The Bertz CT molecular complexity index is 428. The van der Waals surface area contributed by atoms with Gasteiger partial charge < -0.3 is 14.5 Å². The van der Waals surface area contributed by atoms with Gasteiger partial charge in [-0.3, -0.25) is 0 Å². The molecule has 0 N–H and O–H groups in total. The molecule has 3 rings (SSSR count). The number of rotatable bonds is 2. The Kier molecular flexibility index (Phi) is 4.74. The van der Waals surface area contributed by atoms with Gasteiger partial charge >= 0.3 is 18.9 Å². The van der Waals surface area contributed by atoms with Gasteiger partial charge in [-0.05, 0) is 12.8 Å². The van der Waals surface area contributed by atoms with Crippen LogP contribution in [0.15, 0.2) is 17.1 Å². The first-order valence-electron chi connectivity index (χ1n) is 6.26. The molecule has 0 spiro atoms. The zero-order valence-corrected chi connectivity index (χ0v) is 10.8. The summed E-state index contributed by atoms with van der Waals surface area (Å²) < 4.78 is 10.6. The molecular weight excluding hydrogens is 221 g/mol. The minimum Gasteiger partial charge on any atom is -0.500 e. The zero-order valence-electron chi connectivity index (χ0n) is 10.8. The van der Waals surface area contributed by atoms with Crippen molar-refractivity contribution in [1.82, 2.24) is 0 Å². The molecule has 0 aromatic heterocycles. The van der Waals surface area contributed by atoms with Gasteiger partial charge in [-0.25, -0.2) is 0 Å². The standard InChI is InChI=1S/C14H16NO2.Li/c1-2-4-12(5-3-1)15-9-11-6-7-13-14(8-11)17-10-16-13;/h7-9,12H,1-5,10H2;/q-1;+1. The Balaban J connectivity index is 0.00000120. The van der Waals surface area contributed by atoms with E-state index in [-0.39, 0.29) is 18.9 Å². The van der Waals surface area contributed by atoms with E-state index in [1.54, 1.807) is 0 Å². The zero-order chi connectivity index (χ0) is 11.5. The van der Waals surface area contributed by atoms with Crippen molar-refractivity contribution in [2.24, 2.45) is 4.99 Å². The van der Waals surface area contributed by atoms with Crippen molar-refractivity contribution in [3.63, 3.8) is 0 Å². The number of ether oxygens (including phenoxy) is 2. The number of benzene rings is 1. The smallest absolute Gasteiger partial charge is 0.500 e. The predicted octanol–water partition coefficient (Wildman–Crippen LogP) is -0.0289. The maximum Gasteiger partial charge on any atom is 1.00 e. The van der Waals surface area contributed by atoms with Crippen molar-refractivity contribution < 1.29 is 28.3 Å². The molecular formula is C14H16LiNO2. The Labute approximate surface area is 120 Å². The van der Waals surface area contributed by atoms with Gasteiger partial charge in [0.2, 0.25) is 6.79 Å². The average Bonchev–Trinajstić information content (AvgIpc) is 2.85. The normalized spacial score (nSPS) is 18.9. The molecule has 0 radical (unpaired) electrons. The summed E-state index contributed by atoms with van der Waals surface area (Å²) in [5.74, 6) is 1.58. The first-order valence-corrected chi connectivity index (χ1v) is 6.26. The van der Waals surface area contributed by atoms with Crippen LogP contribution in [0.3, 0.4) is 0 Å². The van der Waals surface area contributed by atoms with Crippen LogP contribution in [-0.4, -0.2) is 19.0 Å². The van der Waals surface area contributed by atoms with Gasteiger partial charge in [-0.15, -0.1) is 17.7 Å². The fourth-order valence-corrected chi connectivity index (χ4v) is 2.35. The quantitative estimate of drug-likeness (QED) is 0.411. The topological polar surface area (TPSA) is 30.8 Å². The number of fused-ring (bicyclic) bond motifs is 1.